The first-order chi connectivity index (χ1) is 19.4. The minimum atomic E-state index is -1.48. The summed E-state index contributed by atoms with van der Waals surface area (Å²) < 4.78 is 16.1. The number of unbranched alkanes of at least 4 members (excludes halogenated alkanes) is 1. The molecule has 0 saturated heterocycles. The van der Waals surface area contributed by atoms with E-state index in [4.69, 9.17) is 14.2 Å². The molecule has 0 radical (unpaired) electrons. The number of hydrogen-bond donors (Lipinski definition) is 2. The van der Waals surface area contributed by atoms with E-state index in [1.165, 1.54) is 0 Å². The molecule has 11 heteroatoms. The van der Waals surface area contributed by atoms with Crippen molar-refractivity contribution in [2.24, 2.45) is 5.92 Å². The fourth-order valence-corrected chi connectivity index (χ4v) is 3.97. The van der Waals surface area contributed by atoms with Gasteiger partial charge in [0, 0.05) is 25.1 Å². The Kier molecular flexibility index (Phi) is 13.1. The van der Waals surface area contributed by atoms with Crippen LogP contribution in [0.3, 0.4) is 0 Å². The summed E-state index contributed by atoms with van der Waals surface area (Å²) in [6.45, 7) is 13.4. The summed E-state index contributed by atoms with van der Waals surface area (Å²) in [6.07, 6.45) is 1.19. The number of ketones is 2. The Morgan fingerprint density at radius 3 is 2.39 bits per heavy atom. The molecular formula is C30H44N4O7. The van der Waals surface area contributed by atoms with E-state index in [0.29, 0.717) is 35.7 Å². The summed E-state index contributed by atoms with van der Waals surface area (Å²) >= 11 is 0. The van der Waals surface area contributed by atoms with Gasteiger partial charge in [-0.05, 0) is 59.6 Å². The summed E-state index contributed by atoms with van der Waals surface area (Å²) in [4.78, 5) is 62.2. The van der Waals surface area contributed by atoms with Gasteiger partial charge in [-0.2, -0.15) is 0 Å². The number of aromatic nitrogens is 2. The molecule has 11 nitrogen and oxygen atoms in total. The van der Waals surface area contributed by atoms with Gasteiger partial charge in [0.1, 0.15) is 28.9 Å². The second-order valence-electron chi connectivity index (χ2n) is 10.7. The topological polar surface area (TPSA) is 146 Å². The Labute approximate surface area is 242 Å². The van der Waals surface area contributed by atoms with Gasteiger partial charge in [-0.3, -0.25) is 14.4 Å². The molecule has 0 aliphatic rings. The van der Waals surface area contributed by atoms with Crippen molar-refractivity contribution in [3.8, 4) is 0 Å². The van der Waals surface area contributed by atoms with E-state index in [2.05, 4.69) is 20.6 Å². The Morgan fingerprint density at radius 2 is 1.76 bits per heavy atom. The second kappa shape index (κ2) is 16.0. The number of amides is 1. The van der Waals surface area contributed by atoms with E-state index in [0.717, 1.165) is 19.3 Å². The van der Waals surface area contributed by atoms with Crippen molar-refractivity contribution in [2.75, 3.05) is 31.7 Å². The lowest BCUT2D eigenvalue weighted by Crippen LogP contribution is -2.50. The van der Waals surface area contributed by atoms with Crippen LogP contribution in [0.2, 0.25) is 0 Å². The van der Waals surface area contributed by atoms with Crippen molar-refractivity contribution in [3.05, 3.63) is 29.5 Å². The number of ether oxygens (including phenoxy) is 3. The van der Waals surface area contributed by atoms with Crippen molar-refractivity contribution >= 4 is 40.5 Å². The highest BCUT2D eigenvalue weighted by Crippen LogP contribution is 2.23. The molecular weight excluding hydrogens is 528 g/mol. The van der Waals surface area contributed by atoms with Gasteiger partial charge in [0.25, 0.3) is 0 Å². The molecule has 1 aromatic heterocycles. The number of para-hydroxylation sites is 1. The van der Waals surface area contributed by atoms with E-state index in [1.807, 2.05) is 20.8 Å². The van der Waals surface area contributed by atoms with Crippen LogP contribution in [0.4, 0.5) is 10.6 Å². The number of carbonyl (C=O) groups excluding carboxylic acids is 4. The predicted molar refractivity (Wildman–Crippen MR) is 156 cm³/mol. The molecule has 226 valence electrons. The Bertz CT molecular complexity index is 1210. The third-order valence-corrected chi connectivity index (χ3v) is 5.98. The van der Waals surface area contributed by atoms with Gasteiger partial charge in [0.05, 0.1) is 24.4 Å². The molecule has 0 bridgehead atoms. The number of nitrogens with one attached hydrogen (secondary N) is 2. The number of fused-ring (bicyclic) bond motifs is 1. The largest absolute Gasteiger partial charge is 0.465 e. The van der Waals surface area contributed by atoms with Gasteiger partial charge in [0.2, 0.25) is 0 Å². The number of benzene rings is 1. The Hall–Kier alpha value is -3.60. The monoisotopic (exact) mass is 572 g/mol. The molecule has 0 aliphatic carbocycles. The number of alkyl carbamates (subject to hydrolysis) is 1. The molecule has 1 heterocycles. The first-order valence-electron chi connectivity index (χ1n) is 14.2. The molecule has 0 fully saturated rings. The molecule has 1 amide bonds. The van der Waals surface area contributed by atoms with E-state index in [9.17, 15) is 19.2 Å². The molecule has 0 spiro atoms. The van der Waals surface area contributed by atoms with Crippen LogP contribution < -0.4 is 10.6 Å². The fraction of sp³-hybridized carbons (Fsp3) is 0.600. The maximum atomic E-state index is 13.7. The van der Waals surface area contributed by atoms with Gasteiger partial charge in [0.15, 0.2) is 11.6 Å². The smallest absolute Gasteiger partial charge is 0.408 e. The molecule has 0 saturated carbocycles. The van der Waals surface area contributed by atoms with Crippen LogP contribution in [-0.4, -0.2) is 71.6 Å². The summed E-state index contributed by atoms with van der Waals surface area (Å²) in [5.74, 6) is -2.97. The maximum absolute atomic E-state index is 13.7. The molecule has 2 N–H and O–H groups in total. The van der Waals surface area contributed by atoms with Gasteiger partial charge in [-0.25, -0.2) is 14.8 Å². The van der Waals surface area contributed by atoms with Crippen molar-refractivity contribution in [3.63, 3.8) is 0 Å². The zero-order chi connectivity index (χ0) is 30.6. The van der Waals surface area contributed by atoms with E-state index >= 15 is 0 Å². The van der Waals surface area contributed by atoms with Crippen molar-refractivity contribution < 1.29 is 33.4 Å². The highest BCUT2D eigenvalue weighted by atomic mass is 16.6. The lowest BCUT2D eigenvalue weighted by atomic mass is 9.90. The fourth-order valence-electron chi connectivity index (χ4n) is 3.97. The standard InChI is InChI=1S/C30H44N4O7/c1-8-11-16-39-18-23(33-29(38)41-30(5,6)7)26(36)21(28(37)40-10-3)17-24(35)20-13-12-14-22-25(20)34-27(19(4)32-22)31-15-9-2/h12-14,21,23H,8-11,15-18H2,1-7H3,(H,31,34)(H,33,38). The number of aryl methyl sites for hydroxylation is 1. The third kappa shape index (κ3) is 10.4. The summed E-state index contributed by atoms with van der Waals surface area (Å²) in [5.41, 5.74) is 0.989. The molecule has 2 unspecified atom stereocenters. The maximum Gasteiger partial charge on any atom is 0.408 e. The normalized spacial score (nSPS) is 12.9. The first-order valence-corrected chi connectivity index (χ1v) is 14.2. The summed E-state index contributed by atoms with van der Waals surface area (Å²) in [6, 6.07) is 3.79. The average molecular weight is 573 g/mol. The highest BCUT2D eigenvalue weighted by molar-refractivity contribution is 6.11. The molecule has 2 atom stereocenters. The summed E-state index contributed by atoms with van der Waals surface area (Å²) in [7, 11) is 0. The lowest BCUT2D eigenvalue weighted by Gasteiger charge is -2.25. The molecule has 2 aromatic rings. The molecule has 0 aliphatic heterocycles. The molecule has 2 rings (SSSR count). The van der Waals surface area contributed by atoms with Gasteiger partial charge >= 0.3 is 12.1 Å². The SMILES string of the molecule is CCCCOCC(NC(=O)OC(C)(C)C)C(=O)C(CC(=O)c1cccc2nc(C)c(NCCC)nc12)C(=O)OCC. The van der Waals surface area contributed by atoms with E-state index in [-0.39, 0.29) is 18.8 Å². The zero-order valence-electron chi connectivity index (χ0n) is 25.3. The van der Waals surface area contributed by atoms with Gasteiger partial charge < -0.3 is 24.8 Å². The molecule has 1 aromatic carbocycles. The number of anilines is 1. The minimum absolute atomic E-state index is 0.0133. The predicted octanol–water partition coefficient (Wildman–Crippen LogP) is 4.79. The number of carbonyl (C=O) groups is 4. The minimum Gasteiger partial charge on any atom is -0.465 e. The van der Waals surface area contributed by atoms with Crippen LogP contribution in [0.1, 0.15) is 83.3 Å². The van der Waals surface area contributed by atoms with Crippen LogP contribution in [0.15, 0.2) is 18.2 Å². The van der Waals surface area contributed by atoms with Crippen LogP contribution in [0.5, 0.6) is 0 Å². The number of esters is 1. The molecule has 41 heavy (non-hydrogen) atoms. The van der Waals surface area contributed by atoms with Crippen LogP contribution in [0.25, 0.3) is 11.0 Å². The number of hydrogen-bond acceptors (Lipinski definition) is 10. The first kappa shape index (κ1) is 33.6. The zero-order valence-corrected chi connectivity index (χ0v) is 25.3. The summed E-state index contributed by atoms with van der Waals surface area (Å²) in [5, 5.41) is 5.73. The van der Waals surface area contributed by atoms with Crippen molar-refractivity contribution in [1.29, 1.82) is 0 Å². The Balaban J connectivity index is 2.41. The van der Waals surface area contributed by atoms with E-state index in [1.54, 1.807) is 45.9 Å². The van der Waals surface area contributed by atoms with Gasteiger partial charge in [-0.15, -0.1) is 0 Å². The highest BCUT2D eigenvalue weighted by Gasteiger charge is 2.37. The Morgan fingerprint density at radius 1 is 1.02 bits per heavy atom. The van der Waals surface area contributed by atoms with Crippen LogP contribution >= 0.6 is 0 Å². The van der Waals surface area contributed by atoms with Gasteiger partial charge in [-0.1, -0.05) is 26.3 Å². The average Bonchev–Trinajstić information content (AvgIpc) is 2.90. The number of rotatable bonds is 16. The third-order valence-electron chi connectivity index (χ3n) is 5.98. The van der Waals surface area contributed by atoms with Crippen molar-refractivity contribution in [2.45, 2.75) is 85.8 Å². The van der Waals surface area contributed by atoms with Crippen LogP contribution in [-0.2, 0) is 23.8 Å². The quantitative estimate of drug-likeness (QED) is 0.125. The number of Topliss-reactive ketones (excluding diaryl/α,β-unsaturated/α-hetero) is 2. The van der Waals surface area contributed by atoms with E-state index < -0.39 is 47.6 Å². The van der Waals surface area contributed by atoms with Crippen molar-refractivity contribution in [1.82, 2.24) is 15.3 Å². The second-order valence-corrected chi connectivity index (χ2v) is 10.7. The van der Waals surface area contributed by atoms with Crippen LogP contribution in [0, 0.1) is 12.8 Å². The number of nitrogens with zero attached hydrogens (tertiary/aromatic N) is 2. The lowest BCUT2D eigenvalue weighted by molar-refractivity contribution is -0.152.